The highest BCUT2D eigenvalue weighted by molar-refractivity contribution is 8.18. The van der Waals surface area contributed by atoms with Crippen molar-refractivity contribution in [3.63, 3.8) is 0 Å². The first-order valence-electron chi connectivity index (χ1n) is 8.15. The van der Waals surface area contributed by atoms with Gasteiger partial charge in [0.25, 0.3) is 5.91 Å². The number of amides is 1. The first-order valence-corrected chi connectivity index (χ1v) is 9.35. The van der Waals surface area contributed by atoms with Gasteiger partial charge in [-0.05, 0) is 60.7 Å². The van der Waals surface area contributed by atoms with Crippen molar-refractivity contribution < 1.29 is 22.7 Å². The fourth-order valence-corrected chi connectivity index (χ4v) is 3.44. The normalized spacial score (nSPS) is 17.2. The SMILES string of the molecule is CCOc1ccc(C=C2SC(=Nc3ccc(Cl)c(C(F)(F)F)c3)NC2=O)cc1. The Hall–Kier alpha value is -2.45. The van der Waals surface area contributed by atoms with Crippen LogP contribution in [0.4, 0.5) is 18.9 Å². The number of hydrogen-bond donors (Lipinski definition) is 1. The van der Waals surface area contributed by atoms with Crippen molar-refractivity contribution in [3.8, 4) is 5.75 Å². The van der Waals surface area contributed by atoms with Gasteiger partial charge in [0.2, 0.25) is 0 Å². The number of nitrogens with zero attached hydrogens (tertiary/aromatic N) is 1. The van der Waals surface area contributed by atoms with Crippen LogP contribution in [0.1, 0.15) is 18.1 Å². The molecule has 0 aliphatic carbocycles. The number of halogens is 4. The van der Waals surface area contributed by atoms with E-state index in [1.807, 2.05) is 6.92 Å². The number of alkyl halides is 3. The van der Waals surface area contributed by atoms with Crippen molar-refractivity contribution in [2.45, 2.75) is 13.1 Å². The summed E-state index contributed by atoms with van der Waals surface area (Å²) in [6.07, 6.45) is -2.92. The highest BCUT2D eigenvalue weighted by Gasteiger charge is 2.33. The van der Waals surface area contributed by atoms with Crippen molar-refractivity contribution in [2.24, 2.45) is 4.99 Å². The van der Waals surface area contributed by atoms with E-state index in [0.717, 1.165) is 35.2 Å². The van der Waals surface area contributed by atoms with Crippen LogP contribution in [0.2, 0.25) is 5.02 Å². The molecule has 28 heavy (non-hydrogen) atoms. The van der Waals surface area contributed by atoms with Crippen LogP contribution in [0.25, 0.3) is 6.08 Å². The summed E-state index contributed by atoms with van der Waals surface area (Å²) in [5, 5.41) is 2.33. The molecule has 1 saturated heterocycles. The molecule has 1 aliphatic heterocycles. The zero-order valence-electron chi connectivity index (χ0n) is 14.5. The van der Waals surface area contributed by atoms with Crippen LogP contribution < -0.4 is 10.1 Å². The molecule has 0 aromatic heterocycles. The van der Waals surface area contributed by atoms with Crippen molar-refractivity contribution in [1.82, 2.24) is 5.32 Å². The molecule has 3 rings (SSSR count). The van der Waals surface area contributed by atoms with E-state index in [-0.39, 0.29) is 16.8 Å². The smallest absolute Gasteiger partial charge is 0.417 e. The third kappa shape index (κ3) is 4.88. The maximum Gasteiger partial charge on any atom is 0.417 e. The van der Waals surface area contributed by atoms with Gasteiger partial charge in [0, 0.05) is 0 Å². The maximum absolute atomic E-state index is 13.0. The third-order valence-electron chi connectivity index (χ3n) is 3.63. The lowest BCUT2D eigenvalue weighted by atomic mass is 10.2. The molecule has 0 radical (unpaired) electrons. The Labute approximate surface area is 168 Å². The van der Waals surface area contributed by atoms with E-state index in [0.29, 0.717) is 11.5 Å². The van der Waals surface area contributed by atoms with E-state index in [2.05, 4.69) is 10.3 Å². The van der Waals surface area contributed by atoms with E-state index in [1.165, 1.54) is 6.07 Å². The average molecular weight is 427 g/mol. The lowest BCUT2D eigenvalue weighted by Gasteiger charge is -2.09. The number of nitrogens with one attached hydrogen (secondary N) is 1. The minimum absolute atomic E-state index is 0.0434. The number of carbonyl (C=O) groups is 1. The van der Waals surface area contributed by atoms with E-state index >= 15 is 0 Å². The molecule has 2 aromatic rings. The zero-order chi connectivity index (χ0) is 20.3. The summed E-state index contributed by atoms with van der Waals surface area (Å²) in [6, 6.07) is 10.5. The van der Waals surface area contributed by atoms with Gasteiger partial charge in [-0.1, -0.05) is 23.7 Å². The second-order valence-corrected chi connectivity index (χ2v) is 7.08. The lowest BCUT2D eigenvalue weighted by Crippen LogP contribution is -2.19. The summed E-state index contributed by atoms with van der Waals surface area (Å²) in [5.74, 6) is 0.348. The quantitative estimate of drug-likeness (QED) is 0.643. The summed E-state index contributed by atoms with van der Waals surface area (Å²) >= 11 is 6.65. The third-order valence-corrected chi connectivity index (χ3v) is 4.87. The fourth-order valence-electron chi connectivity index (χ4n) is 2.38. The molecule has 4 nitrogen and oxygen atoms in total. The highest BCUT2D eigenvalue weighted by Crippen LogP contribution is 2.37. The zero-order valence-corrected chi connectivity index (χ0v) is 16.1. The number of aliphatic imine (C=N–C) groups is 1. The standard InChI is InChI=1S/C19H14ClF3N2O2S/c1-2-27-13-6-3-11(4-7-13)9-16-17(26)25-18(28-16)24-12-5-8-15(20)14(10-12)19(21,22)23/h3-10H,2H2,1H3,(H,24,25,26). The number of amidine groups is 1. The predicted octanol–water partition coefficient (Wildman–Crippen LogP) is 5.65. The number of thioether (sulfide) groups is 1. The molecule has 2 aromatic carbocycles. The van der Waals surface area contributed by atoms with Crippen LogP contribution in [-0.4, -0.2) is 17.7 Å². The first-order chi connectivity index (χ1) is 13.3. The Balaban J connectivity index is 1.80. The molecular weight excluding hydrogens is 413 g/mol. The van der Waals surface area contributed by atoms with Gasteiger partial charge >= 0.3 is 6.18 Å². The largest absolute Gasteiger partial charge is 0.494 e. The average Bonchev–Trinajstić information content (AvgIpc) is 2.97. The number of rotatable bonds is 4. The lowest BCUT2D eigenvalue weighted by molar-refractivity contribution is -0.137. The Bertz CT molecular complexity index is 957. The summed E-state index contributed by atoms with van der Waals surface area (Å²) in [6.45, 7) is 2.44. The van der Waals surface area contributed by atoms with Crippen molar-refractivity contribution in [2.75, 3.05) is 6.61 Å². The monoisotopic (exact) mass is 426 g/mol. The Morgan fingerprint density at radius 1 is 1.21 bits per heavy atom. The minimum Gasteiger partial charge on any atom is -0.494 e. The number of carbonyl (C=O) groups excluding carboxylic acids is 1. The van der Waals surface area contributed by atoms with E-state index in [1.54, 1.807) is 30.3 Å². The minimum atomic E-state index is -4.59. The number of benzene rings is 2. The fraction of sp³-hybridized carbons (Fsp3) is 0.158. The van der Waals surface area contributed by atoms with Crippen molar-refractivity contribution in [1.29, 1.82) is 0 Å². The highest BCUT2D eigenvalue weighted by atomic mass is 35.5. The van der Waals surface area contributed by atoms with Crippen LogP contribution >= 0.6 is 23.4 Å². The molecule has 1 heterocycles. The van der Waals surface area contributed by atoms with Crippen LogP contribution in [0.5, 0.6) is 5.75 Å². The topological polar surface area (TPSA) is 50.7 Å². The van der Waals surface area contributed by atoms with Crippen molar-refractivity contribution >= 4 is 46.2 Å². The second-order valence-electron chi connectivity index (χ2n) is 5.65. The maximum atomic E-state index is 13.0. The van der Waals surface area contributed by atoms with E-state index < -0.39 is 16.8 Å². The van der Waals surface area contributed by atoms with Gasteiger partial charge in [-0.3, -0.25) is 4.79 Å². The number of ether oxygens (including phenoxy) is 1. The van der Waals surface area contributed by atoms with Crippen LogP contribution in [0, 0.1) is 0 Å². The van der Waals surface area contributed by atoms with Gasteiger partial charge in [0.1, 0.15) is 5.75 Å². The Kier molecular flexibility index (Phi) is 6.00. The summed E-state index contributed by atoms with van der Waals surface area (Å²) in [5.41, 5.74) is -0.148. The van der Waals surface area contributed by atoms with Crippen LogP contribution in [0.3, 0.4) is 0 Å². The van der Waals surface area contributed by atoms with Gasteiger partial charge < -0.3 is 10.1 Å². The molecule has 0 saturated carbocycles. The van der Waals surface area contributed by atoms with E-state index in [4.69, 9.17) is 16.3 Å². The molecule has 1 amide bonds. The van der Waals surface area contributed by atoms with Crippen molar-refractivity contribution in [3.05, 3.63) is 63.5 Å². The first kappa shape index (κ1) is 20.3. The molecular formula is C19H14ClF3N2O2S. The molecule has 0 unspecified atom stereocenters. The van der Waals surface area contributed by atoms with Gasteiger partial charge in [-0.25, -0.2) is 4.99 Å². The summed E-state index contributed by atoms with van der Waals surface area (Å²) in [7, 11) is 0. The van der Waals surface area contributed by atoms with Gasteiger partial charge in [-0.15, -0.1) is 0 Å². The molecule has 146 valence electrons. The molecule has 0 bridgehead atoms. The molecule has 1 fully saturated rings. The molecule has 1 aliphatic rings. The summed E-state index contributed by atoms with van der Waals surface area (Å²) in [4.78, 5) is 16.6. The van der Waals surface area contributed by atoms with Gasteiger partial charge in [0.15, 0.2) is 5.17 Å². The molecule has 1 N–H and O–H groups in total. The Morgan fingerprint density at radius 3 is 2.57 bits per heavy atom. The van der Waals surface area contributed by atoms with Crippen LogP contribution in [0.15, 0.2) is 52.4 Å². The number of hydrogen-bond acceptors (Lipinski definition) is 4. The second kappa shape index (κ2) is 8.28. The molecule has 0 atom stereocenters. The van der Waals surface area contributed by atoms with Gasteiger partial charge in [0.05, 0.1) is 27.8 Å². The van der Waals surface area contributed by atoms with Crippen LogP contribution in [-0.2, 0) is 11.0 Å². The Morgan fingerprint density at radius 2 is 1.93 bits per heavy atom. The van der Waals surface area contributed by atoms with Gasteiger partial charge in [-0.2, -0.15) is 13.2 Å². The molecule has 0 spiro atoms. The summed E-state index contributed by atoms with van der Waals surface area (Å²) < 4.78 is 44.2. The predicted molar refractivity (Wildman–Crippen MR) is 105 cm³/mol. The molecule has 9 heteroatoms. The van der Waals surface area contributed by atoms with E-state index in [9.17, 15) is 18.0 Å².